The van der Waals surface area contributed by atoms with Crippen LogP contribution in [0.4, 0.5) is 0 Å². The fraction of sp³-hybridized carbons (Fsp3) is 0.188. The van der Waals surface area contributed by atoms with Gasteiger partial charge in [0, 0.05) is 21.7 Å². The number of rotatable bonds is 4. The molecule has 0 aliphatic rings. The van der Waals surface area contributed by atoms with Crippen molar-refractivity contribution >= 4 is 33.3 Å². The average molecular weight is 370 g/mol. The largest absolute Gasteiger partial charge is 0.493 e. The molecule has 110 valence electrons. The molecule has 0 fully saturated rings. The maximum Gasteiger partial charge on any atom is 0.194 e. The van der Waals surface area contributed by atoms with Gasteiger partial charge in [-0.25, -0.2) is 0 Å². The summed E-state index contributed by atoms with van der Waals surface area (Å²) >= 11 is 9.61. The standard InChI is InChI=1S/C16H14BrClO3/c1-9-4-5-10(6-12(9)17)16(19)11-7-14(20-2)15(21-3)8-13(11)18/h4-8H,1-3H3. The molecule has 0 aliphatic heterocycles. The van der Waals surface area contributed by atoms with Crippen LogP contribution >= 0.6 is 27.5 Å². The molecule has 2 rings (SSSR count). The monoisotopic (exact) mass is 368 g/mol. The van der Waals surface area contributed by atoms with Crippen molar-refractivity contribution in [2.45, 2.75) is 6.92 Å². The maximum atomic E-state index is 12.6. The molecule has 0 N–H and O–H groups in total. The van der Waals surface area contributed by atoms with Gasteiger partial charge in [0.2, 0.25) is 0 Å². The predicted octanol–water partition coefficient (Wildman–Crippen LogP) is 4.66. The van der Waals surface area contributed by atoms with Crippen molar-refractivity contribution in [3.05, 3.63) is 56.5 Å². The second kappa shape index (κ2) is 6.50. The van der Waals surface area contributed by atoms with Gasteiger partial charge in [-0.2, -0.15) is 0 Å². The lowest BCUT2D eigenvalue weighted by Crippen LogP contribution is -2.04. The van der Waals surface area contributed by atoms with E-state index in [1.165, 1.54) is 14.2 Å². The normalized spacial score (nSPS) is 10.3. The summed E-state index contributed by atoms with van der Waals surface area (Å²) in [4.78, 5) is 12.6. The molecular formula is C16H14BrClO3. The highest BCUT2D eigenvalue weighted by molar-refractivity contribution is 9.10. The molecule has 0 atom stereocenters. The third kappa shape index (κ3) is 3.22. The molecule has 3 nitrogen and oxygen atoms in total. The summed E-state index contributed by atoms with van der Waals surface area (Å²) in [6.45, 7) is 1.96. The number of carbonyl (C=O) groups excluding carboxylic acids is 1. The first-order valence-electron chi connectivity index (χ1n) is 6.20. The summed E-state index contributed by atoms with van der Waals surface area (Å²) < 4.78 is 11.3. The second-order valence-electron chi connectivity index (χ2n) is 4.48. The summed E-state index contributed by atoms with van der Waals surface area (Å²) in [5, 5.41) is 0.328. The van der Waals surface area contributed by atoms with E-state index in [4.69, 9.17) is 21.1 Å². The molecule has 0 aromatic heterocycles. The van der Waals surface area contributed by atoms with Crippen molar-refractivity contribution in [1.82, 2.24) is 0 Å². The Morgan fingerprint density at radius 1 is 1.10 bits per heavy atom. The maximum absolute atomic E-state index is 12.6. The smallest absolute Gasteiger partial charge is 0.194 e. The van der Waals surface area contributed by atoms with Crippen LogP contribution in [0.15, 0.2) is 34.8 Å². The van der Waals surface area contributed by atoms with Gasteiger partial charge < -0.3 is 9.47 Å². The Bertz CT molecular complexity index is 698. The molecule has 0 spiro atoms. The van der Waals surface area contributed by atoms with E-state index in [0.29, 0.717) is 27.6 Å². The van der Waals surface area contributed by atoms with Gasteiger partial charge in [0.25, 0.3) is 0 Å². The highest BCUT2D eigenvalue weighted by Gasteiger charge is 2.17. The van der Waals surface area contributed by atoms with Gasteiger partial charge in [-0.15, -0.1) is 0 Å². The lowest BCUT2D eigenvalue weighted by molar-refractivity contribution is 0.103. The molecule has 0 saturated heterocycles. The van der Waals surface area contributed by atoms with Crippen LogP contribution in [0.2, 0.25) is 5.02 Å². The lowest BCUT2D eigenvalue weighted by atomic mass is 10.0. The zero-order valence-corrected chi connectivity index (χ0v) is 14.2. The van der Waals surface area contributed by atoms with Crippen molar-refractivity contribution in [3.63, 3.8) is 0 Å². The van der Waals surface area contributed by atoms with Crippen molar-refractivity contribution < 1.29 is 14.3 Å². The zero-order chi connectivity index (χ0) is 15.6. The molecule has 0 heterocycles. The number of methoxy groups -OCH3 is 2. The van der Waals surface area contributed by atoms with Crippen molar-refractivity contribution in [2.75, 3.05) is 14.2 Å². The molecule has 0 radical (unpaired) electrons. The van der Waals surface area contributed by atoms with Crippen LogP contribution in [0, 0.1) is 6.92 Å². The molecule has 21 heavy (non-hydrogen) atoms. The van der Waals surface area contributed by atoms with Gasteiger partial charge >= 0.3 is 0 Å². The Balaban J connectivity index is 2.50. The van der Waals surface area contributed by atoms with Crippen LogP contribution < -0.4 is 9.47 Å². The summed E-state index contributed by atoms with van der Waals surface area (Å²) in [5.41, 5.74) is 2.00. The number of aryl methyl sites for hydroxylation is 1. The van der Waals surface area contributed by atoms with Gasteiger partial charge in [0.1, 0.15) is 0 Å². The van der Waals surface area contributed by atoms with Gasteiger partial charge in [0.15, 0.2) is 17.3 Å². The van der Waals surface area contributed by atoms with E-state index < -0.39 is 0 Å². The minimum absolute atomic E-state index is 0.165. The van der Waals surface area contributed by atoms with Crippen LogP contribution in [-0.2, 0) is 0 Å². The third-order valence-corrected chi connectivity index (χ3v) is 4.32. The molecular weight excluding hydrogens is 356 g/mol. The van der Waals surface area contributed by atoms with Crippen molar-refractivity contribution in [3.8, 4) is 11.5 Å². The van der Waals surface area contributed by atoms with Crippen molar-refractivity contribution in [1.29, 1.82) is 0 Å². The van der Waals surface area contributed by atoms with E-state index in [1.807, 2.05) is 13.0 Å². The van der Waals surface area contributed by atoms with E-state index >= 15 is 0 Å². The highest BCUT2D eigenvalue weighted by atomic mass is 79.9. The number of ketones is 1. The Morgan fingerprint density at radius 3 is 2.29 bits per heavy atom. The number of ether oxygens (including phenoxy) is 2. The average Bonchev–Trinajstić information content (AvgIpc) is 2.49. The van der Waals surface area contributed by atoms with Gasteiger partial charge in [0.05, 0.1) is 19.2 Å². The second-order valence-corrected chi connectivity index (χ2v) is 5.74. The number of halogens is 2. The Hall–Kier alpha value is -1.52. The summed E-state index contributed by atoms with van der Waals surface area (Å²) in [5.74, 6) is 0.794. The van der Waals surface area contributed by atoms with Crippen LogP contribution in [-0.4, -0.2) is 20.0 Å². The number of benzene rings is 2. The molecule has 2 aromatic rings. The van der Waals surface area contributed by atoms with Crippen LogP contribution in [0.3, 0.4) is 0 Å². The summed E-state index contributed by atoms with van der Waals surface area (Å²) in [6.07, 6.45) is 0. The number of hydrogen-bond acceptors (Lipinski definition) is 3. The minimum atomic E-state index is -0.165. The van der Waals surface area contributed by atoms with E-state index in [9.17, 15) is 4.79 Å². The molecule has 2 aromatic carbocycles. The molecule has 0 saturated carbocycles. The molecule has 0 amide bonds. The fourth-order valence-electron chi connectivity index (χ4n) is 1.92. The number of carbonyl (C=O) groups is 1. The number of hydrogen-bond donors (Lipinski definition) is 0. The third-order valence-electron chi connectivity index (χ3n) is 3.15. The zero-order valence-electron chi connectivity index (χ0n) is 11.9. The van der Waals surface area contributed by atoms with Gasteiger partial charge in [-0.3, -0.25) is 4.79 Å². The summed E-state index contributed by atoms with van der Waals surface area (Å²) in [6, 6.07) is 8.61. The van der Waals surface area contributed by atoms with Crippen molar-refractivity contribution in [2.24, 2.45) is 0 Å². The van der Waals surface area contributed by atoms with Crippen LogP contribution in [0.1, 0.15) is 21.5 Å². The Labute approximate surface area is 137 Å². The molecule has 0 aliphatic carbocycles. The Kier molecular flexibility index (Phi) is 4.91. The first kappa shape index (κ1) is 15.9. The van der Waals surface area contributed by atoms with E-state index in [0.717, 1.165) is 10.0 Å². The fourth-order valence-corrected chi connectivity index (χ4v) is 2.54. The Morgan fingerprint density at radius 2 is 1.71 bits per heavy atom. The van der Waals surface area contributed by atoms with E-state index in [2.05, 4.69) is 15.9 Å². The molecule has 5 heteroatoms. The lowest BCUT2D eigenvalue weighted by Gasteiger charge is -2.11. The topological polar surface area (TPSA) is 35.5 Å². The van der Waals surface area contributed by atoms with Crippen LogP contribution in [0.5, 0.6) is 11.5 Å². The van der Waals surface area contributed by atoms with Gasteiger partial charge in [-0.1, -0.05) is 39.7 Å². The molecule has 0 bridgehead atoms. The minimum Gasteiger partial charge on any atom is -0.493 e. The van der Waals surface area contributed by atoms with E-state index in [-0.39, 0.29) is 5.78 Å². The SMILES string of the molecule is COc1cc(Cl)c(C(=O)c2ccc(C)c(Br)c2)cc1OC. The highest BCUT2D eigenvalue weighted by Crippen LogP contribution is 2.34. The van der Waals surface area contributed by atoms with E-state index in [1.54, 1.807) is 24.3 Å². The predicted molar refractivity (Wildman–Crippen MR) is 86.9 cm³/mol. The van der Waals surface area contributed by atoms with Gasteiger partial charge in [-0.05, 0) is 24.6 Å². The van der Waals surface area contributed by atoms with Crippen LogP contribution in [0.25, 0.3) is 0 Å². The summed E-state index contributed by atoms with van der Waals surface area (Å²) in [7, 11) is 3.04. The quantitative estimate of drug-likeness (QED) is 0.735. The first-order valence-corrected chi connectivity index (χ1v) is 7.37. The molecule has 0 unspecified atom stereocenters. The first-order chi connectivity index (χ1) is 9.97.